The molecule has 90 valence electrons. The van der Waals surface area contributed by atoms with Crippen LogP contribution >= 0.6 is 11.6 Å². The van der Waals surface area contributed by atoms with Crippen LogP contribution < -0.4 is 4.90 Å². The monoisotopic (exact) mass is 250 g/mol. The Labute approximate surface area is 106 Å². The van der Waals surface area contributed by atoms with Crippen LogP contribution in [0, 0.1) is 0 Å². The second kappa shape index (κ2) is 4.80. The fourth-order valence-electron chi connectivity index (χ4n) is 1.73. The van der Waals surface area contributed by atoms with Crippen molar-refractivity contribution in [3.63, 3.8) is 0 Å². The number of phenols is 1. The second-order valence-electron chi connectivity index (χ2n) is 4.15. The molecular formula is C13H15ClN2O. The number of nitrogens with zero attached hydrogens (tertiary/aromatic N) is 2. The number of aromatic hydroxyl groups is 1. The van der Waals surface area contributed by atoms with Gasteiger partial charge in [-0.15, -0.1) is 11.6 Å². The van der Waals surface area contributed by atoms with E-state index in [0.29, 0.717) is 5.88 Å². The van der Waals surface area contributed by atoms with Gasteiger partial charge in [0.1, 0.15) is 11.6 Å². The van der Waals surface area contributed by atoms with Crippen LogP contribution in [0.1, 0.15) is 6.92 Å². The molecule has 0 aliphatic heterocycles. The Morgan fingerprint density at radius 3 is 2.88 bits per heavy atom. The smallest absolute Gasteiger partial charge is 0.136 e. The number of phenolic OH excluding ortho intramolecular Hbond substituents is 1. The summed E-state index contributed by atoms with van der Waals surface area (Å²) in [6.07, 6.45) is 1.77. The highest BCUT2D eigenvalue weighted by Gasteiger charge is 2.13. The molecule has 0 saturated carbocycles. The summed E-state index contributed by atoms with van der Waals surface area (Å²) in [5.74, 6) is 1.62. The molecule has 0 aliphatic carbocycles. The highest BCUT2D eigenvalue weighted by molar-refractivity contribution is 6.18. The van der Waals surface area contributed by atoms with Crippen LogP contribution in [0.3, 0.4) is 0 Å². The molecule has 0 amide bonds. The third-order valence-corrected chi connectivity index (χ3v) is 3.39. The van der Waals surface area contributed by atoms with E-state index in [2.05, 4.69) is 4.98 Å². The molecule has 0 spiro atoms. The molecule has 0 radical (unpaired) electrons. The van der Waals surface area contributed by atoms with Gasteiger partial charge < -0.3 is 10.0 Å². The van der Waals surface area contributed by atoms with Crippen molar-refractivity contribution in [2.24, 2.45) is 0 Å². The van der Waals surface area contributed by atoms with Crippen LogP contribution in [0.4, 0.5) is 5.82 Å². The van der Waals surface area contributed by atoms with Gasteiger partial charge in [-0.25, -0.2) is 4.98 Å². The third-order valence-electron chi connectivity index (χ3n) is 2.95. The van der Waals surface area contributed by atoms with Crippen molar-refractivity contribution < 1.29 is 5.11 Å². The summed E-state index contributed by atoms with van der Waals surface area (Å²) in [5.41, 5.74) is 0. The maximum atomic E-state index is 9.56. The molecule has 3 nitrogen and oxygen atoms in total. The molecule has 4 heteroatoms. The van der Waals surface area contributed by atoms with Gasteiger partial charge in [0.2, 0.25) is 0 Å². The Hall–Kier alpha value is -1.48. The number of alkyl halides is 1. The lowest BCUT2D eigenvalue weighted by Crippen LogP contribution is -2.30. The Morgan fingerprint density at radius 2 is 2.18 bits per heavy atom. The molecule has 1 unspecified atom stereocenters. The third kappa shape index (κ3) is 2.29. The van der Waals surface area contributed by atoms with Crippen molar-refractivity contribution in [3.05, 3.63) is 30.5 Å². The van der Waals surface area contributed by atoms with E-state index in [-0.39, 0.29) is 11.8 Å². The molecule has 1 atom stereocenters. The molecular weight excluding hydrogens is 236 g/mol. The van der Waals surface area contributed by atoms with Crippen LogP contribution in [0.15, 0.2) is 30.5 Å². The quantitative estimate of drug-likeness (QED) is 0.851. The van der Waals surface area contributed by atoms with Gasteiger partial charge in [0.15, 0.2) is 0 Å². The van der Waals surface area contributed by atoms with Crippen LogP contribution in [-0.2, 0) is 0 Å². The predicted octanol–water partition coefficient (Wildman–Crippen LogP) is 3.00. The van der Waals surface area contributed by atoms with Gasteiger partial charge in [-0.1, -0.05) is 6.07 Å². The molecule has 0 fully saturated rings. The number of fused-ring (bicyclic) bond motifs is 1. The number of rotatable bonds is 3. The molecule has 0 aliphatic rings. The standard InChI is InChI=1S/C13H15ClN2O/c1-9(8-14)16(2)13-12-7-11(17)4-3-10(12)5-6-15-13/h3-7,9,17H,8H2,1-2H3. The Bertz CT molecular complexity index is 530. The number of hydrogen-bond donors (Lipinski definition) is 1. The Kier molecular flexibility index (Phi) is 3.38. The van der Waals surface area contributed by atoms with Gasteiger partial charge in [0.25, 0.3) is 0 Å². The first-order valence-electron chi connectivity index (χ1n) is 5.50. The number of benzene rings is 1. The lowest BCUT2D eigenvalue weighted by molar-refractivity contribution is 0.476. The summed E-state index contributed by atoms with van der Waals surface area (Å²) >= 11 is 5.86. The van der Waals surface area contributed by atoms with Gasteiger partial charge >= 0.3 is 0 Å². The van der Waals surface area contributed by atoms with Crippen molar-refractivity contribution in [1.82, 2.24) is 4.98 Å². The average Bonchev–Trinajstić information content (AvgIpc) is 2.36. The molecule has 1 aromatic heterocycles. The van der Waals surface area contributed by atoms with Crippen LogP contribution in [0.5, 0.6) is 5.75 Å². The van der Waals surface area contributed by atoms with E-state index in [1.165, 1.54) is 0 Å². The zero-order chi connectivity index (χ0) is 12.4. The van der Waals surface area contributed by atoms with E-state index in [9.17, 15) is 5.11 Å². The zero-order valence-electron chi connectivity index (χ0n) is 9.89. The summed E-state index contributed by atoms with van der Waals surface area (Å²) in [7, 11) is 1.96. The Morgan fingerprint density at radius 1 is 1.41 bits per heavy atom. The van der Waals surface area contributed by atoms with Gasteiger partial charge in [0.05, 0.1) is 0 Å². The lowest BCUT2D eigenvalue weighted by atomic mass is 10.1. The highest BCUT2D eigenvalue weighted by atomic mass is 35.5. The van der Waals surface area contributed by atoms with Crippen molar-refractivity contribution in [3.8, 4) is 5.75 Å². The van der Waals surface area contributed by atoms with E-state index < -0.39 is 0 Å². The maximum Gasteiger partial charge on any atom is 0.136 e. The zero-order valence-corrected chi connectivity index (χ0v) is 10.6. The minimum absolute atomic E-state index is 0.192. The molecule has 1 heterocycles. The molecule has 1 N–H and O–H groups in total. The Balaban J connectivity index is 2.57. The van der Waals surface area contributed by atoms with Gasteiger partial charge in [-0.2, -0.15) is 0 Å². The predicted molar refractivity (Wildman–Crippen MR) is 72.0 cm³/mol. The first kappa shape index (κ1) is 12.0. The van der Waals surface area contributed by atoms with E-state index in [1.54, 1.807) is 18.3 Å². The van der Waals surface area contributed by atoms with E-state index in [4.69, 9.17) is 11.6 Å². The number of aromatic nitrogens is 1. The van der Waals surface area contributed by atoms with E-state index >= 15 is 0 Å². The summed E-state index contributed by atoms with van der Waals surface area (Å²) in [6, 6.07) is 7.41. The minimum Gasteiger partial charge on any atom is -0.508 e. The molecule has 2 rings (SSSR count). The first-order chi connectivity index (χ1) is 8.13. The minimum atomic E-state index is 0.192. The van der Waals surface area contributed by atoms with Crippen LogP contribution in [0.2, 0.25) is 0 Å². The van der Waals surface area contributed by atoms with Crippen molar-refractivity contribution in [2.45, 2.75) is 13.0 Å². The highest BCUT2D eigenvalue weighted by Crippen LogP contribution is 2.28. The second-order valence-corrected chi connectivity index (χ2v) is 4.46. The summed E-state index contributed by atoms with van der Waals surface area (Å²) in [5, 5.41) is 11.6. The summed E-state index contributed by atoms with van der Waals surface area (Å²) in [6.45, 7) is 2.04. The van der Waals surface area contributed by atoms with Crippen molar-refractivity contribution >= 4 is 28.2 Å². The maximum absolute atomic E-state index is 9.56. The molecule has 0 bridgehead atoms. The van der Waals surface area contributed by atoms with E-state index in [0.717, 1.165) is 16.6 Å². The lowest BCUT2D eigenvalue weighted by Gasteiger charge is -2.25. The summed E-state index contributed by atoms with van der Waals surface area (Å²) in [4.78, 5) is 6.40. The van der Waals surface area contributed by atoms with Gasteiger partial charge in [-0.3, -0.25) is 0 Å². The number of anilines is 1. The molecule has 0 saturated heterocycles. The fourth-order valence-corrected chi connectivity index (χ4v) is 1.94. The molecule has 17 heavy (non-hydrogen) atoms. The largest absolute Gasteiger partial charge is 0.508 e. The topological polar surface area (TPSA) is 36.4 Å². The van der Waals surface area contributed by atoms with Gasteiger partial charge in [-0.05, 0) is 30.5 Å². The SMILES string of the molecule is CC(CCl)N(C)c1nccc2ccc(O)cc12. The van der Waals surface area contributed by atoms with E-state index in [1.807, 2.05) is 31.0 Å². The molecule has 1 aromatic carbocycles. The first-order valence-corrected chi connectivity index (χ1v) is 6.03. The summed E-state index contributed by atoms with van der Waals surface area (Å²) < 4.78 is 0. The van der Waals surface area contributed by atoms with Crippen LogP contribution in [0.25, 0.3) is 10.8 Å². The van der Waals surface area contributed by atoms with Crippen molar-refractivity contribution in [1.29, 1.82) is 0 Å². The normalized spacial score (nSPS) is 12.6. The molecule has 2 aromatic rings. The van der Waals surface area contributed by atoms with Crippen molar-refractivity contribution in [2.75, 3.05) is 17.8 Å². The van der Waals surface area contributed by atoms with Gasteiger partial charge in [0, 0.05) is 30.6 Å². The number of halogens is 1. The van der Waals surface area contributed by atoms with Crippen LogP contribution in [-0.4, -0.2) is 29.1 Å². The number of hydrogen-bond acceptors (Lipinski definition) is 3. The average molecular weight is 251 g/mol. The fraction of sp³-hybridized carbons (Fsp3) is 0.308. The number of pyridine rings is 1.